The molecule has 0 bridgehead atoms. The van der Waals surface area contributed by atoms with Gasteiger partial charge in [0.15, 0.2) is 0 Å². The van der Waals surface area contributed by atoms with Gasteiger partial charge in [-0.25, -0.2) is 0 Å². The van der Waals surface area contributed by atoms with Crippen molar-refractivity contribution in [3.8, 4) is 0 Å². The number of carbonyl (C=O) groups excluding carboxylic acids is 1. The molecule has 2 nitrogen and oxygen atoms in total. The molecule has 1 aliphatic carbocycles. The van der Waals surface area contributed by atoms with Gasteiger partial charge in [0.05, 0.1) is 0 Å². The minimum atomic E-state index is -2.67. The van der Waals surface area contributed by atoms with Crippen molar-refractivity contribution in [2.75, 3.05) is 0 Å². The zero-order valence-corrected chi connectivity index (χ0v) is 30.9. The van der Waals surface area contributed by atoms with E-state index in [0.717, 1.165) is 25.7 Å². The van der Waals surface area contributed by atoms with Gasteiger partial charge in [-0.2, -0.15) is 0 Å². The molecule has 3 rings (SSSR count). The van der Waals surface area contributed by atoms with Crippen LogP contribution in [0.5, 0.6) is 0 Å². The topological polar surface area (TPSA) is 26.3 Å². The average molecular weight is 682 g/mol. The van der Waals surface area contributed by atoms with Gasteiger partial charge in [0.1, 0.15) is 0 Å². The van der Waals surface area contributed by atoms with Crippen LogP contribution in [0.15, 0.2) is 60.7 Å². The van der Waals surface area contributed by atoms with Crippen molar-refractivity contribution in [2.45, 2.75) is 147 Å². The Morgan fingerprint density at radius 1 is 0.857 bits per heavy atom. The maximum absolute atomic E-state index is 14.1. The zero-order chi connectivity index (χ0) is 30.4. The van der Waals surface area contributed by atoms with Crippen LogP contribution in [-0.4, -0.2) is 30.5 Å². The molecule has 0 aromatic heterocycles. The molecule has 0 radical (unpaired) electrons. The van der Waals surface area contributed by atoms with Crippen LogP contribution in [0.3, 0.4) is 0 Å². The fraction of sp³-hybridized carbons (Fsp3) is 0.667. The Bertz CT molecular complexity index is 995. The standard InChI is InChI=1S/C27H35O2.3C4H9.Sn/c1-21-18-19-24(27(2,3)23-15-8-5-9-16-23)25(20-21)29-26(28)17-11-10-14-22-12-6-4-7-13-22;3*1-3-4-2;/h4-9,11-13,15-16,21,24-25H,10,14,17-20H2,1-3H3;3*1,3-4H2,2H3;/t21-,24-,25-;;;;/m1..../s1. The van der Waals surface area contributed by atoms with Gasteiger partial charge in [0, 0.05) is 0 Å². The van der Waals surface area contributed by atoms with E-state index in [2.05, 4.69) is 102 Å². The SMILES string of the molecule is CCC[CH2][Sn]([CH2]CCC)([CH2]CCC)[C@@H](CCc1ccccc1)CC(=O)O[C@@H]1C[C@H](C)CC[C@H]1C(C)(C)c1ccccc1. The summed E-state index contributed by atoms with van der Waals surface area (Å²) in [4.78, 5) is 14.1. The number of aryl methyl sites for hydroxylation is 1. The second-order valence-corrected chi connectivity index (χ2v) is 28.6. The Hall–Kier alpha value is -1.29. The van der Waals surface area contributed by atoms with E-state index in [0.29, 0.717) is 22.2 Å². The third-order valence-electron chi connectivity index (χ3n) is 10.8. The third-order valence-corrected chi connectivity index (χ3v) is 28.7. The molecule has 2 aromatic carbocycles. The van der Waals surface area contributed by atoms with E-state index < -0.39 is 18.4 Å². The van der Waals surface area contributed by atoms with Crippen molar-refractivity contribution < 1.29 is 9.53 Å². The van der Waals surface area contributed by atoms with Crippen LogP contribution in [0.4, 0.5) is 0 Å². The van der Waals surface area contributed by atoms with Crippen molar-refractivity contribution in [2.24, 2.45) is 11.8 Å². The molecular formula is C39H62O2Sn. The van der Waals surface area contributed by atoms with Crippen LogP contribution in [0.25, 0.3) is 0 Å². The first-order valence-electron chi connectivity index (χ1n) is 17.5. The van der Waals surface area contributed by atoms with Crippen molar-refractivity contribution in [1.82, 2.24) is 0 Å². The molecule has 2 aromatic rings. The van der Waals surface area contributed by atoms with Crippen molar-refractivity contribution in [3.63, 3.8) is 0 Å². The van der Waals surface area contributed by atoms with Gasteiger partial charge in [0.2, 0.25) is 0 Å². The summed E-state index contributed by atoms with van der Waals surface area (Å²) in [6, 6.07) is 21.9. The van der Waals surface area contributed by atoms with E-state index in [4.69, 9.17) is 4.74 Å². The first kappa shape index (κ1) is 35.2. The van der Waals surface area contributed by atoms with Gasteiger partial charge in [-0.1, -0.05) is 0 Å². The molecule has 1 aliphatic rings. The average Bonchev–Trinajstić information content (AvgIpc) is 3.00. The zero-order valence-electron chi connectivity index (χ0n) is 28.0. The third kappa shape index (κ3) is 10.1. The number of carbonyl (C=O) groups is 1. The molecule has 0 saturated heterocycles. The van der Waals surface area contributed by atoms with E-state index in [1.807, 2.05) is 0 Å². The number of unbranched alkanes of at least 4 members (excludes halogenated alkanes) is 3. The molecule has 1 saturated carbocycles. The Kier molecular flexibility index (Phi) is 15.0. The summed E-state index contributed by atoms with van der Waals surface area (Å²) in [5, 5.41) is 0. The molecule has 1 fully saturated rings. The molecule has 234 valence electrons. The summed E-state index contributed by atoms with van der Waals surface area (Å²) in [5.41, 5.74) is 2.76. The second-order valence-electron chi connectivity index (χ2n) is 14.2. The molecular weight excluding hydrogens is 619 g/mol. The summed E-state index contributed by atoms with van der Waals surface area (Å²) < 4.78 is 11.6. The van der Waals surface area contributed by atoms with Crippen LogP contribution in [-0.2, 0) is 21.4 Å². The number of rotatable bonds is 18. The molecule has 3 heteroatoms. The second kappa shape index (κ2) is 17.9. The predicted octanol–water partition coefficient (Wildman–Crippen LogP) is 11.6. The molecule has 0 amide bonds. The van der Waals surface area contributed by atoms with Crippen molar-refractivity contribution >= 4 is 24.3 Å². The van der Waals surface area contributed by atoms with E-state index in [1.165, 1.54) is 69.4 Å². The normalized spacial score (nSPS) is 20.3. The number of esters is 1. The summed E-state index contributed by atoms with van der Waals surface area (Å²) in [7, 11) is 0. The van der Waals surface area contributed by atoms with Crippen molar-refractivity contribution in [3.05, 3.63) is 71.8 Å². The van der Waals surface area contributed by atoms with E-state index in [9.17, 15) is 4.79 Å². The van der Waals surface area contributed by atoms with Gasteiger partial charge in [0.25, 0.3) is 0 Å². The fourth-order valence-corrected chi connectivity index (χ4v) is 26.5. The summed E-state index contributed by atoms with van der Waals surface area (Å²) in [6.07, 6.45) is 14.1. The van der Waals surface area contributed by atoms with Gasteiger partial charge in [-0.05, 0) is 0 Å². The Balaban J connectivity index is 1.87. The summed E-state index contributed by atoms with van der Waals surface area (Å²) in [5.74, 6) is 1.07. The summed E-state index contributed by atoms with van der Waals surface area (Å²) >= 11 is -2.67. The van der Waals surface area contributed by atoms with Crippen LogP contribution < -0.4 is 0 Å². The van der Waals surface area contributed by atoms with Crippen LogP contribution in [0.2, 0.25) is 17.2 Å². The maximum atomic E-state index is 14.1. The number of ether oxygens (including phenoxy) is 1. The molecule has 0 spiro atoms. The molecule has 4 atom stereocenters. The first-order valence-corrected chi connectivity index (χ1v) is 25.2. The summed E-state index contributed by atoms with van der Waals surface area (Å²) in [6.45, 7) is 14.1. The van der Waals surface area contributed by atoms with E-state index in [-0.39, 0.29) is 17.5 Å². The molecule has 0 N–H and O–H groups in total. The molecule has 0 unspecified atom stereocenters. The Morgan fingerprint density at radius 2 is 1.40 bits per heavy atom. The van der Waals surface area contributed by atoms with Gasteiger partial charge in [-0.3, -0.25) is 0 Å². The minimum absolute atomic E-state index is 0.0118. The van der Waals surface area contributed by atoms with Gasteiger partial charge in [-0.15, -0.1) is 0 Å². The molecule has 0 aliphatic heterocycles. The van der Waals surface area contributed by atoms with Crippen molar-refractivity contribution in [1.29, 1.82) is 0 Å². The number of hydrogen-bond acceptors (Lipinski definition) is 2. The quantitative estimate of drug-likeness (QED) is 0.116. The van der Waals surface area contributed by atoms with E-state index in [1.54, 1.807) is 0 Å². The molecule has 42 heavy (non-hydrogen) atoms. The fourth-order valence-electron chi connectivity index (χ4n) is 7.97. The van der Waals surface area contributed by atoms with Gasteiger partial charge >= 0.3 is 265 Å². The number of benzene rings is 2. The Labute approximate surface area is 263 Å². The van der Waals surface area contributed by atoms with E-state index >= 15 is 0 Å². The first-order chi connectivity index (χ1) is 20.3. The van der Waals surface area contributed by atoms with Crippen LogP contribution >= 0.6 is 0 Å². The predicted molar refractivity (Wildman–Crippen MR) is 184 cm³/mol. The number of hydrogen-bond donors (Lipinski definition) is 0. The van der Waals surface area contributed by atoms with Gasteiger partial charge < -0.3 is 0 Å². The van der Waals surface area contributed by atoms with Crippen LogP contribution in [0, 0.1) is 11.8 Å². The van der Waals surface area contributed by atoms with Crippen LogP contribution in [0.1, 0.15) is 123 Å². The molecule has 0 heterocycles. The monoisotopic (exact) mass is 682 g/mol. The Morgan fingerprint density at radius 3 is 1.95 bits per heavy atom.